The molecule has 0 atom stereocenters. The molecule has 4 aromatic rings. The molecule has 0 spiro atoms. The van der Waals surface area contributed by atoms with Gasteiger partial charge in [-0.25, -0.2) is 0 Å². The van der Waals surface area contributed by atoms with Gasteiger partial charge in [-0.3, -0.25) is 0 Å². The van der Waals surface area contributed by atoms with Crippen LogP contribution in [0.2, 0.25) is 0 Å². The van der Waals surface area contributed by atoms with E-state index in [1.807, 2.05) is 48.5 Å². The van der Waals surface area contributed by atoms with Crippen molar-refractivity contribution in [3.8, 4) is 11.7 Å². The highest BCUT2D eigenvalue weighted by atomic mass is 32.2. The molecule has 4 rings (SSSR count). The number of hydrogen-bond donors (Lipinski definition) is 0. The van der Waals surface area contributed by atoms with Gasteiger partial charge in [0.15, 0.2) is 5.76 Å². The molecule has 5 heteroatoms. The van der Waals surface area contributed by atoms with Crippen LogP contribution in [0.15, 0.2) is 74.7 Å². The van der Waals surface area contributed by atoms with E-state index in [2.05, 4.69) is 22.3 Å². The number of hydrogen-bond acceptors (Lipinski definition) is 5. The first kappa shape index (κ1) is 13.2. The molecule has 2 heterocycles. The van der Waals surface area contributed by atoms with Crippen LogP contribution < -0.4 is 0 Å². The van der Waals surface area contributed by atoms with E-state index in [0.717, 1.165) is 16.7 Å². The Balaban J connectivity index is 1.53. The summed E-state index contributed by atoms with van der Waals surface area (Å²) in [5, 5.41) is 9.69. The van der Waals surface area contributed by atoms with Gasteiger partial charge in [0, 0.05) is 11.1 Å². The molecule has 0 fully saturated rings. The lowest BCUT2D eigenvalue weighted by molar-refractivity contribution is 0.451. The summed E-state index contributed by atoms with van der Waals surface area (Å²) in [6, 6.07) is 19.9. The van der Waals surface area contributed by atoms with Gasteiger partial charge in [0.1, 0.15) is 5.58 Å². The molecule has 0 saturated carbocycles. The minimum Gasteiger partial charge on any atom is -0.451 e. The molecule has 0 amide bonds. The van der Waals surface area contributed by atoms with Gasteiger partial charge in [-0.2, -0.15) is 0 Å². The molecule has 0 aliphatic carbocycles. The highest BCUT2D eigenvalue weighted by Crippen LogP contribution is 2.29. The fourth-order valence-electron chi connectivity index (χ4n) is 2.17. The minimum atomic E-state index is 0.409. The number of thioether (sulfide) groups is 1. The first-order chi connectivity index (χ1) is 10.9. The summed E-state index contributed by atoms with van der Waals surface area (Å²) >= 11 is 1.51. The van der Waals surface area contributed by atoms with E-state index in [9.17, 15) is 0 Å². The number of rotatable bonds is 4. The van der Waals surface area contributed by atoms with Crippen LogP contribution in [-0.2, 0) is 5.75 Å². The Labute approximate surface area is 131 Å². The Morgan fingerprint density at radius 3 is 2.55 bits per heavy atom. The van der Waals surface area contributed by atoms with Crippen LogP contribution in [0.4, 0.5) is 0 Å². The first-order valence-corrected chi connectivity index (χ1v) is 7.86. The van der Waals surface area contributed by atoms with E-state index in [1.54, 1.807) is 0 Å². The highest BCUT2D eigenvalue weighted by Gasteiger charge is 2.13. The molecule has 0 unspecified atom stereocenters. The Morgan fingerprint density at radius 2 is 1.68 bits per heavy atom. The summed E-state index contributed by atoms with van der Waals surface area (Å²) in [5.74, 6) is 1.80. The Morgan fingerprint density at radius 1 is 0.864 bits per heavy atom. The molecule has 108 valence electrons. The normalized spacial score (nSPS) is 11.1. The molecule has 22 heavy (non-hydrogen) atoms. The quantitative estimate of drug-likeness (QED) is 0.508. The maximum absolute atomic E-state index is 5.72. The van der Waals surface area contributed by atoms with Gasteiger partial charge < -0.3 is 8.83 Å². The molecule has 2 aromatic carbocycles. The van der Waals surface area contributed by atoms with E-state index in [0.29, 0.717) is 16.9 Å². The third kappa shape index (κ3) is 2.63. The molecule has 0 aliphatic heterocycles. The second kappa shape index (κ2) is 5.69. The Hall–Kier alpha value is -2.53. The SMILES string of the molecule is c1ccc(CSc2nnc(-c3cc4ccccc4o3)o2)cc1. The second-order valence-electron chi connectivity index (χ2n) is 4.80. The Bertz CT molecular complexity index is 866. The van der Waals surface area contributed by atoms with Crippen LogP contribution >= 0.6 is 11.8 Å². The number of furan rings is 1. The maximum Gasteiger partial charge on any atom is 0.284 e. The lowest BCUT2D eigenvalue weighted by Gasteiger charge is -1.96. The fraction of sp³-hybridized carbons (Fsp3) is 0.0588. The third-order valence-corrected chi connectivity index (χ3v) is 4.14. The van der Waals surface area contributed by atoms with Gasteiger partial charge in [-0.15, -0.1) is 10.2 Å². The Kier molecular flexibility index (Phi) is 3.40. The van der Waals surface area contributed by atoms with Crippen molar-refractivity contribution in [3.63, 3.8) is 0 Å². The van der Waals surface area contributed by atoms with Crippen LogP contribution in [0.3, 0.4) is 0 Å². The first-order valence-electron chi connectivity index (χ1n) is 6.88. The van der Waals surface area contributed by atoms with E-state index in [4.69, 9.17) is 8.83 Å². The predicted octanol–water partition coefficient (Wildman–Crippen LogP) is 4.78. The zero-order chi connectivity index (χ0) is 14.8. The van der Waals surface area contributed by atoms with Gasteiger partial charge in [0.25, 0.3) is 11.1 Å². The number of fused-ring (bicyclic) bond motifs is 1. The van der Waals surface area contributed by atoms with Gasteiger partial charge in [-0.05, 0) is 17.7 Å². The number of benzene rings is 2. The standard InChI is InChI=1S/C17H12N2O2S/c1-2-6-12(7-3-1)11-22-17-19-18-16(21-17)15-10-13-8-4-5-9-14(13)20-15/h1-10H,11H2. The summed E-state index contributed by atoms with van der Waals surface area (Å²) in [6.45, 7) is 0. The van der Waals surface area contributed by atoms with Crippen molar-refractivity contribution in [1.29, 1.82) is 0 Å². The summed E-state index contributed by atoms with van der Waals surface area (Å²) in [5.41, 5.74) is 2.03. The maximum atomic E-state index is 5.72. The van der Waals surface area contributed by atoms with Crippen molar-refractivity contribution in [2.24, 2.45) is 0 Å². The van der Waals surface area contributed by atoms with Crippen molar-refractivity contribution in [2.75, 3.05) is 0 Å². The number of aromatic nitrogens is 2. The van der Waals surface area contributed by atoms with Crippen LogP contribution in [-0.4, -0.2) is 10.2 Å². The van der Waals surface area contributed by atoms with Gasteiger partial charge >= 0.3 is 0 Å². The molecule has 0 aliphatic rings. The molecule has 0 radical (unpaired) electrons. The topological polar surface area (TPSA) is 52.1 Å². The van der Waals surface area contributed by atoms with Crippen LogP contribution in [0.25, 0.3) is 22.6 Å². The molecular weight excluding hydrogens is 296 g/mol. The predicted molar refractivity (Wildman–Crippen MR) is 85.5 cm³/mol. The molecule has 0 saturated heterocycles. The molecule has 0 bridgehead atoms. The average Bonchev–Trinajstić information content (AvgIpc) is 3.20. The minimum absolute atomic E-state index is 0.409. The van der Waals surface area contributed by atoms with Crippen molar-refractivity contribution in [2.45, 2.75) is 11.0 Å². The lowest BCUT2D eigenvalue weighted by Crippen LogP contribution is -1.79. The van der Waals surface area contributed by atoms with Crippen molar-refractivity contribution in [3.05, 3.63) is 66.2 Å². The van der Waals surface area contributed by atoms with Gasteiger partial charge in [-0.1, -0.05) is 60.3 Å². The van der Waals surface area contributed by atoms with E-state index in [1.165, 1.54) is 17.3 Å². The fourth-order valence-corrected chi connectivity index (χ4v) is 2.89. The highest BCUT2D eigenvalue weighted by molar-refractivity contribution is 7.98. The van der Waals surface area contributed by atoms with Crippen molar-refractivity contribution >= 4 is 22.7 Å². The van der Waals surface area contributed by atoms with E-state index >= 15 is 0 Å². The third-order valence-electron chi connectivity index (χ3n) is 3.25. The summed E-state index contributed by atoms with van der Waals surface area (Å²) in [4.78, 5) is 0. The van der Waals surface area contributed by atoms with Gasteiger partial charge in [0.2, 0.25) is 0 Å². The molecule has 2 aromatic heterocycles. The molecule has 4 nitrogen and oxygen atoms in total. The molecular formula is C17H12N2O2S. The second-order valence-corrected chi connectivity index (χ2v) is 5.72. The van der Waals surface area contributed by atoms with Crippen LogP contribution in [0, 0.1) is 0 Å². The van der Waals surface area contributed by atoms with Gasteiger partial charge in [0.05, 0.1) is 0 Å². The summed E-state index contributed by atoms with van der Waals surface area (Å²) in [7, 11) is 0. The zero-order valence-corrected chi connectivity index (χ0v) is 12.4. The monoisotopic (exact) mass is 308 g/mol. The smallest absolute Gasteiger partial charge is 0.284 e. The van der Waals surface area contributed by atoms with E-state index in [-0.39, 0.29) is 0 Å². The number of para-hydroxylation sites is 1. The van der Waals surface area contributed by atoms with Crippen LogP contribution in [0.5, 0.6) is 0 Å². The van der Waals surface area contributed by atoms with E-state index < -0.39 is 0 Å². The summed E-state index contributed by atoms with van der Waals surface area (Å²) < 4.78 is 11.4. The molecule has 0 N–H and O–H groups in total. The zero-order valence-electron chi connectivity index (χ0n) is 11.6. The summed E-state index contributed by atoms with van der Waals surface area (Å²) in [6.07, 6.45) is 0. The largest absolute Gasteiger partial charge is 0.451 e. The lowest BCUT2D eigenvalue weighted by atomic mass is 10.2. The van der Waals surface area contributed by atoms with Crippen molar-refractivity contribution in [1.82, 2.24) is 10.2 Å². The van der Waals surface area contributed by atoms with Crippen LogP contribution in [0.1, 0.15) is 5.56 Å². The van der Waals surface area contributed by atoms with Crippen molar-refractivity contribution < 1.29 is 8.83 Å². The number of nitrogens with zero attached hydrogens (tertiary/aromatic N) is 2. The average molecular weight is 308 g/mol.